The summed E-state index contributed by atoms with van der Waals surface area (Å²) in [7, 11) is 0. The SMILES string of the molecule is O=C(c1ccnnc1)N1CCCC(C2(Cc3cccc(Cl)c3)C(=O)Nc3cc(Cl)ccc32)C1. The molecule has 2 aromatic carbocycles. The Hall–Kier alpha value is -2.96. The maximum Gasteiger partial charge on any atom is 0.255 e. The van der Waals surface area contributed by atoms with Crippen molar-refractivity contribution in [1.29, 1.82) is 0 Å². The topological polar surface area (TPSA) is 75.2 Å². The summed E-state index contributed by atoms with van der Waals surface area (Å²) in [6.45, 7) is 1.11. The van der Waals surface area contributed by atoms with Crippen molar-refractivity contribution in [1.82, 2.24) is 15.1 Å². The number of fused-ring (bicyclic) bond motifs is 1. The molecule has 0 saturated carbocycles. The van der Waals surface area contributed by atoms with Crippen LogP contribution in [0.3, 0.4) is 0 Å². The highest BCUT2D eigenvalue weighted by atomic mass is 35.5. The average molecular weight is 481 g/mol. The van der Waals surface area contributed by atoms with Crippen molar-refractivity contribution < 1.29 is 9.59 Å². The summed E-state index contributed by atoms with van der Waals surface area (Å²) in [5.41, 5.74) is 2.29. The molecule has 1 aromatic heterocycles. The van der Waals surface area contributed by atoms with Gasteiger partial charge in [-0.25, -0.2) is 0 Å². The van der Waals surface area contributed by atoms with Crippen LogP contribution in [0.4, 0.5) is 5.69 Å². The van der Waals surface area contributed by atoms with Crippen LogP contribution in [0.1, 0.15) is 34.3 Å². The Bertz CT molecular complexity index is 1220. The standard InChI is InChI=1S/C25H22Cl2N4O2/c26-19-5-1-3-16(11-19)13-25(21-7-6-20(27)12-22(21)30-24(25)33)18-4-2-10-31(15-18)23(32)17-8-9-28-29-14-17/h1,3,5-9,11-12,14,18H,2,4,10,13,15H2,(H,30,33). The first-order valence-corrected chi connectivity index (χ1v) is 11.6. The monoisotopic (exact) mass is 480 g/mol. The summed E-state index contributed by atoms with van der Waals surface area (Å²) in [6, 6.07) is 14.8. The fourth-order valence-corrected chi connectivity index (χ4v) is 5.61. The molecule has 0 aliphatic carbocycles. The Morgan fingerprint density at radius 3 is 2.76 bits per heavy atom. The van der Waals surface area contributed by atoms with Crippen molar-refractivity contribution in [2.24, 2.45) is 5.92 Å². The van der Waals surface area contributed by atoms with E-state index in [4.69, 9.17) is 23.2 Å². The van der Waals surface area contributed by atoms with E-state index in [-0.39, 0.29) is 17.7 Å². The van der Waals surface area contributed by atoms with Crippen LogP contribution in [0, 0.1) is 5.92 Å². The second-order valence-corrected chi connectivity index (χ2v) is 9.52. The lowest BCUT2D eigenvalue weighted by molar-refractivity contribution is -0.123. The molecule has 3 aromatic rings. The number of carbonyl (C=O) groups excluding carboxylic acids is 2. The van der Waals surface area contributed by atoms with E-state index in [1.54, 1.807) is 12.1 Å². The van der Waals surface area contributed by atoms with Gasteiger partial charge in [0, 0.05) is 28.8 Å². The summed E-state index contributed by atoms with van der Waals surface area (Å²) >= 11 is 12.5. The van der Waals surface area contributed by atoms with Crippen LogP contribution in [0.2, 0.25) is 10.0 Å². The van der Waals surface area contributed by atoms with Gasteiger partial charge in [0.05, 0.1) is 23.4 Å². The number of nitrogens with zero attached hydrogens (tertiary/aromatic N) is 3. The van der Waals surface area contributed by atoms with Crippen LogP contribution >= 0.6 is 23.2 Å². The van der Waals surface area contributed by atoms with Gasteiger partial charge < -0.3 is 10.2 Å². The number of amides is 2. The van der Waals surface area contributed by atoms with E-state index in [1.807, 2.05) is 41.3 Å². The maximum absolute atomic E-state index is 13.7. The Kier molecular flexibility index (Phi) is 5.81. The maximum atomic E-state index is 13.7. The molecule has 0 bridgehead atoms. The normalized spacial score (nSPS) is 22.1. The van der Waals surface area contributed by atoms with Gasteiger partial charge in [0.1, 0.15) is 0 Å². The van der Waals surface area contributed by atoms with Gasteiger partial charge in [-0.1, -0.05) is 41.4 Å². The minimum Gasteiger partial charge on any atom is -0.338 e. The lowest BCUT2D eigenvalue weighted by Crippen LogP contribution is -2.52. The zero-order valence-electron chi connectivity index (χ0n) is 17.8. The van der Waals surface area contributed by atoms with Crippen molar-refractivity contribution >= 4 is 40.7 Å². The number of benzene rings is 2. The number of likely N-dealkylation sites (tertiary alicyclic amines) is 1. The number of rotatable bonds is 4. The highest BCUT2D eigenvalue weighted by molar-refractivity contribution is 6.31. The third-order valence-electron chi connectivity index (χ3n) is 6.72. The van der Waals surface area contributed by atoms with Crippen molar-refractivity contribution in [3.63, 3.8) is 0 Å². The van der Waals surface area contributed by atoms with Crippen molar-refractivity contribution in [3.05, 3.63) is 87.7 Å². The molecule has 1 saturated heterocycles. The van der Waals surface area contributed by atoms with E-state index in [0.29, 0.717) is 35.1 Å². The molecule has 168 valence electrons. The second kappa shape index (κ2) is 8.76. The number of carbonyl (C=O) groups is 2. The van der Waals surface area contributed by atoms with Crippen LogP contribution in [0.15, 0.2) is 60.9 Å². The van der Waals surface area contributed by atoms with Crippen LogP contribution in [-0.2, 0) is 16.6 Å². The van der Waals surface area contributed by atoms with Crippen LogP contribution < -0.4 is 5.32 Å². The molecule has 6 nitrogen and oxygen atoms in total. The molecular weight excluding hydrogens is 459 g/mol. The van der Waals surface area contributed by atoms with E-state index in [9.17, 15) is 9.59 Å². The molecule has 33 heavy (non-hydrogen) atoms. The number of piperidine rings is 1. The van der Waals surface area contributed by atoms with Gasteiger partial charge in [0.25, 0.3) is 5.91 Å². The molecule has 0 spiro atoms. The first kappa shape index (κ1) is 21.9. The number of hydrogen-bond acceptors (Lipinski definition) is 4. The van der Waals surface area contributed by atoms with Gasteiger partial charge in [-0.05, 0) is 66.6 Å². The Morgan fingerprint density at radius 1 is 1.12 bits per heavy atom. The highest BCUT2D eigenvalue weighted by Crippen LogP contribution is 2.49. The quantitative estimate of drug-likeness (QED) is 0.583. The van der Waals surface area contributed by atoms with Gasteiger partial charge in [-0.3, -0.25) is 9.59 Å². The minimum atomic E-state index is -0.833. The summed E-state index contributed by atoms with van der Waals surface area (Å²) in [5, 5.41) is 11.9. The lowest BCUT2D eigenvalue weighted by Gasteiger charge is -2.42. The molecule has 2 aliphatic heterocycles. The summed E-state index contributed by atoms with van der Waals surface area (Å²) in [6.07, 6.45) is 5.11. The Morgan fingerprint density at radius 2 is 1.97 bits per heavy atom. The molecular formula is C25H22Cl2N4O2. The van der Waals surface area contributed by atoms with Crippen molar-refractivity contribution in [2.75, 3.05) is 18.4 Å². The van der Waals surface area contributed by atoms with E-state index in [0.717, 1.165) is 29.7 Å². The smallest absolute Gasteiger partial charge is 0.255 e. The first-order chi connectivity index (χ1) is 16.0. The molecule has 5 rings (SSSR count). The number of nitrogens with one attached hydrogen (secondary N) is 1. The average Bonchev–Trinajstić information content (AvgIpc) is 3.10. The molecule has 2 unspecified atom stereocenters. The number of anilines is 1. The number of hydrogen-bond donors (Lipinski definition) is 1. The third-order valence-corrected chi connectivity index (χ3v) is 7.19. The molecule has 8 heteroatoms. The molecule has 2 aliphatic rings. The Labute approximate surface area is 201 Å². The highest BCUT2D eigenvalue weighted by Gasteiger charge is 2.53. The number of aromatic nitrogens is 2. The molecule has 1 fully saturated rings. The predicted molar refractivity (Wildman–Crippen MR) is 128 cm³/mol. The van der Waals surface area contributed by atoms with Crippen LogP contribution in [0.25, 0.3) is 0 Å². The van der Waals surface area contributed by atoms with Crippen molar-refractivity contribution in [3.8, 4) is 0 Å². The summed E-state index contributed by atoms with van der Waals surface area (Å²) in [5.74, 6) is -0.238. The predicted octanol–water partition coefficient (Wildman–Crippen LogP) is 4.77. The molecule has 2 amide bonds. The first-order valence-electron chi connectivity index (χ1n) is 10.9. The lowest BCUT2D eigenvalue weighted by atomic mass is 9.65. The van der Waals surface area contributed by atoms with Crippen LogP contribution in [0.5, 0.6) is 0 Å². The van der Waals surface area contributed by atoms with Gasteiger partial charge in [0.2, 0.25) is 5.91 Å². The minimum absolute atomic E-state index is 0.0652. The summed E-state index contributed by atoms with van der Waals surface area (Å²) in [4.78, 5) is 28.7. The molecule has 0 radical (unpaired) electrons. The van der Waals surface area contributed by atoms with E-state index in [2.05, 4.69) is 15.5 Å². The number of halogens is 2. The van der Waals surface area contributed by atoms with Gasteiger partial charge in [-0.15, -0.1) is 0 Å². The zero-order valence-corrected chi connectivity index (χ0v) is 19.3. The van der Waals surface area contributed by atoms with E-state index < -0.39 is 5.41 Å². The fourth-order valence-electron chi connectivity index (χ4n) is 5.22. The molecule has 1 N–H and O–H groups in total. The second-order valence-electron chi connectivity index (χ2n) is 8.64. The largest absolute Gasteiger partial charge is 0.338 e. The fraction of sp³-hybridized carbons (Fsp3) is 0.280. The van der Waals surface area contributed by atoms with Gasteiger partial charge in [-0.2, -0.15) is 10.2 Å². The van der Waals surface area contributed by atoms with E-state index >= 15 is 0 Å². The van der Waals surface area contributed by atoms with Crippen LogP contribution in [-0.4, -0.2) is 40.0 Å². The third kappa shape index (κ3) is 3.98. The molecule has 2 atom stereocenters. The van der Waals surface area contributed by atoms with Crippen molar-refractivity contribution in [2.45, 2.75) is 24.7 Å². The Balaban J connectivity index is 1.55. The van der Waals surface area contributed by atoms with Gasteiger partial charge in [0.15, 0.2) is 0 Å². The van der Waals surface area contributed by atoms with Gasteiger partial charge >= 0.3 is 0 Å². The summed E-state index contributed by atoms with van der Waals surface area (Å²) < 4.78 is 0. The molecule has 3 heterocycles. The zero-order chi connectivity index (χ0) is 23.0. The van der Waals surface area contributed by atoms with E-state index in [1.165, 1.54) is 12.4 Å².